The number of benzene rings is 2. The van der Waals surface area contributed by atoms with Gasteiger partial charge in [-0.25, -0.2) is 4.79 Å². The molecule has 1 heterocycles. The van der Waals surface area contributed by atoms with Gasteiger partial charge in [0, 0.05) is 11.9 Å². The molecular formula is C21H18N2O4S. The molecule has 0 aliphatic carbocycles. The van der Waals surface area contributed by atoms with E-state index < -0.39 is 18.5 Å². The lowest BCUT2D eigenvalue weighted by molar-refractivity contribution is -0.119. The zero-order chi connectivity index (χ0) is 19.8. The molecule has 0 spiro atoms. The Balaban J connectivity index is 1.57. The number of carbonyl (C=O) groups is 3. The van der Waals surface area contributed by atoms with Crippen LogP contribution in [0.3, 0.4) is 0 Å². The van der Waals surface area contributed by atoms with Crippen molar-refractivity contribution >= 4 is 34.8 Å². The molecule has 0 aliphatic heterocycles. The minimum atomic E-state index is -0.565. The highest BCUT2D eigenvalue weighted by Gasteiger charge is 2.15. The van der Waals surface area contributed by atoms with Gasteiger partial charge in [-0.05, 0) is 29.1 Å². The Morgan fingerprint density at radius 3 is 2.43 bits per heavy atom. The second kappa shape index (κ2) is 9.48. The Labute approximate surface area is 166 Å². The van der Waals surface area contributed by atoms with E-state index in [-0.39, 0.29) is 5.91 Å². The lowest BCUT2D eigenvalue weighted by Gasteiger charge is -2.11. The van der Waals surface area contributed by atoms with Gasteiger partial charge in [0.1, 0.15) is 0 Å². The quantitative estimate of drug-likeness (QED) is 0.601. The fourth-order valence-electron chi connectivity index (χ4n) is 2.44. The van der Waals surface area contributed by atoms with E-state index in [1.807, 2.05) is 30.3 Å². The topological polar surface area (TPSA) is 84.5 Å². The lowest BCUT2D eigenvalue weighted by Crippen LogP contribution is -2.26. The van der Waals surface area contributed by atoms with Crippen LogP contribution in [0.5, 0.6) is 0 Å². The number of esters is 1. The number of carbonyl (C=O) groups excluding carboxylic acids is 3. The molecule has 0 fully saturated rings. The van der Waals surface area contributed by atoms with Gasteiger partial charge >= 0.3 is 5.97 Å². The molecule has 2 amide bonds. The third kappa shape index (κ3) is 5.28. The number of nitrogens with one attached hydrogen (secondary N) is 2. The number of anilines is 1. The van der Waals surface area contributed by atoms with E-state index in [1.54, 1.807) is 41.1 Å². The molecule has 0 radical (unpaired) electrons. The Morgan fingerprint density at radius 2 is 1.68 bits per heavy atom. The lowest BCUT2D eigenvalue weighted by atomic mass is 10.1. The summed E-state index contributed by atoms with van der Waals surface area (Å²) in [5.41, 5.74) is 2.05. The molecule has 0 unspecified atom stereocenters. The second-order valence-electron chi connectivity index (χ2n) is 5.85. The number of para-hydroxylation sites is 1. The van der Waals surface area contributed by atoms with Gasteiger partial charge in [-0.3, -0.25) is 9.59 Å². The van der Waals surface area contributed by atoms with Gasteiger partial charge in [-0.1, -0.05) is 42.5 Å². The SMILES string of the molecule is O=C(COC(=O)c1ccsc1)Nc1ccccc1C(=O)NCc1ccccc1. The van der Waals surface area contributed by atoms with Gasteiger partial charge in [0.15, 0.2) is 6.61 Å². The average Bonchev–Trinajstić information content (AvgIpc) is 3.26. The molecule has 1 aromatic heterocycles. The van der Waals surface area contributed by atoms with Crippen molar-refractivity contribution in [3.05, 3.63) is 88.1 Å². The first kappa shape index (κ1) is 19.3. The average molecular weight is 394 g/mol. The van der Waals surface area contributed by atoms with Crippen LogP contribution in [0.4, 0.5) is 5.69 Å². The Morgan fingerprint density at radius 1 is 0.929 bits per heavy atom. The maximum absolute atomic E-state index is 12.5. The van der Waals surface area contributed by atoms with Crippen molar-refractivity contribution < 1.29 is 19.1 Å². The Kier molecular flexibility index (Phi) is 6.54. The molecule has 6 nitrogen and oxygen atoms in total. The number of amides is 2. The summed E-state index contributed by atoms with van der Waals surface area (Å²) >= 11 is 1.37. The van der Waals surface area contributed by atoms with E-state index >= 15 is 0 Å². The zero-order valence-electron chi connectivity index (χ0n) is 14.9. The van der Waals surface area contributed by atoms with Crippen LogP contribution >= 0.6 is 11.3 Å². The molecule has 2 N–H and O–H groups in total. The molecule has 3 aromatic rings. The van der Waals surface area contributed by atoms with Crippen molar-refractivity contribution in [3.63, 3.8) is 0 Å². The summed E-state index contributed by atoms with van der Waals surface area (Å²) in [4.78, 5) is 36.4. The summed E-state index contributed by atoms with van der Waals surface area (Å²) in [5, 5.41) is 8.84. The highest BCUT2D eigenvalue weighted by atomic mass is 32.1. The second-order valence-corrected chi connectivity index (χ2v) is 6.63. The van der Waals surface area contributed by atoms with E-state index in [9.17, 15) is 14.4 Å². The van der Waals surface area contributed by atoms with Crippen molar-refractivity contribution in [1.82, 2.24) is 5.32 Å². The number of ether oxygens (including phenoxy) is 1. The smallest absolute Gasteiger partial charge is 0.339 e. The molecule has 0 saturated carbocycles. The normalized spacial score (nSPS) is 10.1. The van der Waals surface area contributed by atoms with Gasteiger partial charge in [-0.15, -0.1) is 0 Å². The summed E-state index contributed by atoms with van der Waals surface area (Å²) in [6.45, 7) is -0.0607. The predicted molar refractivity (Wildman–Crippen MR) is 107 cm³/mol. The molecule has 0 saturated heterocycles. The van der Waals surface area contributed by atoms with Gasteiger partial charge in [-0.2, -0.15) is 11.3 Å². The van der Waals surface area contributed by atoms with Crippen molar-refractivity contribution in [3.8, 4) is 0 Å². The van der Waals surface area contributed by atoms with Crippen molar-refractivity contribution in [2.75, 3.05) is 11.9 Å². The molecule has 28 heavy (non-hydrogen) atoms. The summed E-state index contributed by atoms with van der Waals surface area (Å²) in [5.74, 6) is -1.40. The van der Waals surface area contributed by atoms with E-state index in [1.165, 1.54) is 11.3 Å². The van der Waals surface area contributed by atoms with Crippen LogP contribution in [0.2, 0.25) is 0 Å². The van der Waals surface area contributed by atoms with E-state index in [0.29, 0.717) is 23.4 Å². The maximum atomic E-state index is 12.5. The summed E-state index contributed by atoms with van der Waals surface area (Å²) in [6.07, 6.45) is 0. The van der Waals surface area contributed by atoms with Crippen molar-refractivity contribution in [2.24, 2.45) is 0 Å². The first-order valence-electron chi connectivity index (χ1n) is 8.54. The van der Waals surface area contributed by atoms with Crippen molar-refractivity contribution in [1.29, 1.82) is 0 Å². The zero-order valence-corrected chi connectivity index (χ0v) is 15.7. The minimum absolute atomic E-state index is 0.310. The Bertz CT molecular complexity index is 956. The fraction of sp³-hybridized carbons (Fsp3) is 0.0952. The summed E-state index contributed by atoms with van der Waals surface area (Å²) in [7, 11) is 0. The maximum Gasteiger partial charge on any atom is 0.339 e. The van der Waals surface area contributed by atoms with Crippen LogP contribution in [0.15, 0.2) is 71.4 Å². The van der Waals surface area contributed by atoms with E-state index in [2.05, 4.69) is 10.6 Å². The number of hydrogen-bond donors (Lipinski definition) is 2. The van der Waals surface area contributed by atoms with Gasteiger partial charge in [0.05, 0.1) is 16.8 Å². The van der Waals surface area contributed by atoms with Crippen LogP contribution in [0.25, 0.3) is 0 Å². The van der Waals surface area contributed by atoms with Gasteiger partial charge in [0.25, 0.3) is 11.8 Å². The predicted octanol–water partition coefficient (Wildman–Crippen LogP) is 3.47. The first-order valence-corrected chi connectivity index (χ1v) is 9.48. The van der Waals surface area contributed by atoms with Crippen LogP contribution in [-0.2, 0) is 16.1 Å². The third-order valence-corrected chi connectivity index (χ3v) is 4.52. The molecular weight excluding hydrogens is 376 g/mol. The van der Waals surface area contributed by atoms with Gasteiger partial charge in [0.2, 0.25) is 0 Å². The minimum Gasteiger partial charge on any atom is -0.452 e. The largest absolute Gasteiger partial charge is 0.452 e. The third-order valence-electron chi connectivity index (χ3n) is 3.83. The molecule has 2 aromatic carbocycles. The van der Waals surface area contributed by atoms with Gasteiger partial charge < -0.3 is 15.4 Å². The van der Waals surface area contributed by atoms with E-state index in [0.717, 1.165) is 5.56 Å². The number of hydrogen-bond acceptors (Lipinski definition) is 5. The highest BCUT2D eigenvalue weighted by molar-refractivity contribution is 7.08. The molecule has 3 rings (SSSR count). The molecule has 142 valence electrons. The van der Waals surface area contributed by atoms with E-state index in [4.69, 9.17) is 4.74 Å². The monoisotopic (exact) mass is 394 g/mol. The fourth-order valence-corrected chi connectivity index (χ4v) is 3.07. The molecule has 0 bridgehead atoms. The number of thiophene rings is 1. The van der Waals surface area contributed by atoms with Crippen molar-refractivity contribution in [2.45, 2.75) is 6.54 Å². The summed E-state index contributed by atoms with van der Waals surface area (Å²) < 4.78 is 4.98. The number of rotatable bonds is 7. The summed E-state index contributed by atoms with van der Waals surface area (Å²) in [6, 6.07) is 17.8. The standard InChI is InChI=1S/C21H18N2O4S/c24-19(13-27-21(26)16-10-11-28-14-16)23-18-9-5-4-8-17(18)20(25)22-12-15-6-2-1-3-7-15/h1-11,14H,12-13H2,(H,22,25)(H,23,24). The van der Waals surface area contributed by atoms with Crippen LogP contribution in [-0.4, -0.2) is 24.4 Å². The molecule has 7 heteroatoms. The highest BCUT2D eigenvalue weighted by Crippen LogP contribution is 2.15. The Hall–Kier alpha value is -3.45. The van der Waals surface area contributed by atoms with Crippen LogP contribution in [0, 0.1) is 0 Å². The van der Waals surface area contributed by atoms with Crippen LogP contribution in [0.1, 0.15) is 26.3 Å². The molecule has 0 atom stereocenters. The van der Waals surface area contributed by atoms with Crippen LogP contribution < -0.4 is 10.6 Å². The first-order chi connectivity index (χ1) is 13.6. The molecule has 0 aliphatic rings.